The molecule has 0 aromatic carbocycles. The molecule has 0 spiro atoms. The summed E-state index contributed by atoms with van der Waals surface area (Å²) in [6, 6.07) is 0. The van der Waals surface area contributed by atoms with E-state index in [0.717, 1.165) is 0 Å². The van der Waals surface area contributed by atoms with Gasteiger partial charge >= 0.3 is 0 Å². The van der Waals surface area contributed by atoms with Gasteiger partial charge in [0.25, 0.3) is 0 Å². The molecule has 0 saturated heterocycles. The summed E-state index contributed by atoms with van der Waals surface area (Å²) in [5.74, 6) is 0. The van der Waals surface area contributed by atoms with Crippen LogP contribution in [0.2, 0.25) is 0 Å². The van der Waals surface area contributed by atoms with E-state index in [4.69, 9.17) is 0 Å². The SMILES string of the molecule is CCCCCCCCCCCC[N+](C)(C)CCCCCCCCCCCC.CCCCCCCCCC[N+](C)(C)CCCCCCCCCC.[Br-].[Br-]. The second-order valence-electron chi connectivity index (χ2n) is 18.1. The molecule has 0 unspecified atom stereocenters. The highest BCUT2D eigenvalue weighted by Crippen LogP contribution is 2.15. The van der Waals surface area contributed by atoms with Crippen molar-refractivity contribution in [2.45, 2.75) is 259 Å². The summed E-state index contributed by atoms with van der Waals surface area (Å²) in [7, 11) is 9.76. The first-order chi connectivity index (χ1) is 24.2. The lowest BCUT2D eigenvalue weighted by atomic mass is 10.1. The van der Waals surface area contributed by atoms with Crippen LogP contribution in [0.5, 0.6) is 0 Å². The Kier molecular flexibility index (Phi) is 55.0. The van der Waals surface area contributed by atoms with E-state index in [-0.39, 0.29) is 34.0 Å². The van der Waals surface area contributed by atoms with Gasteiger partial charge in [-0.05, 0) is 51.4 Å². The maximum atomic E-state index is 2.45. The molecule has 0 N–H and O–H groups in total. The van der Waals surface area contributed by atoms with E-state index in [1.807, 2.05) is 0 Å². The zero-order valence-electron chi connectivity index (χ0n) is 37.9. The highest BCUT2D eigenvalue weighted by atomic mass is 79.9. The van der Waals surface area contributed by atoms with E-state index < -0.39 is 0 Å². The first kappa shape index (κ1) is 59.6. The van der Waals surface area contributed by atoms with Gasteiger partial charge in [0.2, 0.25) is 0 Å². The van der Waals surface area contributed by atoms with E-state index in [9.17, 15) is 0 Å². The van der Waals surface area contributed by atoms with Crippen LogP contribution in [-0.4, -0.2) is 63.3 Å². The lowest BCUT2D eigenvalue weighted by molar-refractivity contribution is -0.890. The molecule has 0 aliphatic rings. The molecule has 0 rings (SSSR count). The standard InChI is InChI=1S/C26H56N.C22H48N.2BrH/c1-5-7-9-11-13-15-17-19-21-23-25-27(3,4)26-24-22-20-18-16-14-12-10-8-6-2;1-5-7-9-11-13-15-17-19-21-23(3,4)22-20-18-16-14-12-10-8-6-2;;/h5-26H2,1-4H3;5-22H2,1-4H3;2*1H/q2*+1;;/p-2. The molecule has 52 heavy (non-hydrogen) atoms. The van der Waals surface area contributed by atoms with Crippen LogP contribution >= 0.6 is 0 Å². The normalized spacial score (nSPS) is 11.5. The Labute approximate surface area is 354 Å². The fraction of sp³-hybridized carbons (Fsp3) is 1.00. The summed E-state index contributed by atoms with van der Waals surface area (Å²) in [6.45, 7) is 14.7. The molecule has 0 aliphatic carbocycles. The fourth-order valence-electron chi connectivity index (χ4n) is 7.63. The van der Waals surface area contributed by atoms with Crippen LogP contribution in [0.25, 0.3) is 0 Å². The second-order valence-corrected chi connectivity index (χ2v) is 18.1. The van der Waals surface area contributed by atoms with Crippen molar-refractivity contribution in [3.8, 4) is 0 Å². The minimum absolute atomic E-state index is 0. The first-order valence-corrected chi connectivity index (χ1v) is 23.9. The van der Waals surface area contributed by atoms with Crippen molar-refractivity contribution in [2.75, 3.05) is 54.4 Å². The highest BCUT2D eigenvalue weighted by molar-refractivity contribution is 4.51. The molecule has 0 amide bonds. The van der Waals surface area contributed by atoms with Crippen LogP contribution in [0.3, 0.4) is 0 Å². The number of rotatable bonds is 40. The van der Waals surface area contributed by atoms with Gasteiger partial charge < -0.3 is 42.9 Å². The molecule has 320 valence electrons. The fourth-order valence-corrected chi connectivity index (χ4v) is 7.63. The van der Waals surface area contributed by atoms with Gasteiger partial charge in [0.1, 0.15) is 0 Å². The predicted molar refractivity (Wildman–Crippen MR) is 233 cm³/mol. The summed E-state index contributed by atoms with van der Waals surface area (Å²) in [4.78, 5) is 0. The number of quaternary nitrogens is 2. The third-order valence-corrected chi connectivity index (χ3v) is 11.5. The van der Waals surface area contributed by atoms with E-state index >= 15 is 0 Å². The lowest BCUT2D eigenvalue weighted by Gasteiger charge is -2.30. The minimum atomic E-state index is 0. The monoisotopic (exact) mass is 867 g/mol. The van der Waals surface area contributed by atoms with Crippen LogP contribution in [0.1, 0.15) is 259 Å². The summed E-state index contributed by atoms with van der Waals surface area (Å²) in [5, 5.41) is 0. The van der Waals surface area contributed by atoms with Gasteiger partial charge in [0, 0.05) is 0 Å². The van der Waals surface area contributed by atoms with Crippen molar-refractivity contribution in [3.05, 3.63) is 0 Å². The second kappa shape index (κ2) is 48.0. The third kappa shape index (κ3) is 53.0. The van der Waals surface area contributed by atoms with Crippen LogP contribution in [0.4, 0.5) is 0 Å². The topological polar surface area (TPSA) is 0 Å². The highest BCUT2D eigenvalue weighted by Gasteiger charge is 2.14. The van der Waals surface area contributed by atoms with Crippen molar-refractivity contribution in [1.82, 2.24) is 0 Å². The number of nitrogens with zero attached hydrogens (tertiary/aromatic N) is 2. The molecule has 0 radical (unpaired) electrons. The van der Waals surface area contributed by atoms with Gasteiger partial charge in [0.15, 0.2) is 0 Å². The lowest BCUT2D eigenvalue weighted by Crippen LogP contribution is -3.00. The van der Waals surface area contributed by atoms with Crippen molar-refractivity contribution in [1.29, 1.82) is 0 Å². The van der Waals surface area contributed by atoms with Gasteiger partial charge in [0.05, 0.1) is 54.4 Å². The Bertz CT molecular complexity index is 561. The van der Waals surface area contributed by atoms with Crippen LogP contribution in [-0.2, 0) is 0 Å². The summed E-state index contributed by atoms with van der Waals surface area (Å²) in [5.41, 5.74) is 0. The average Bonchev–Trinajstić information content (AvgIpc) is 3.09. The quantitative estimate of drug-likeness (QED) is 0.0425. The van der Waals surface area contributed by atoms with Gasteiger partial charge in [-0.15, -0.1) is 0 Å². The first-order valence-electron chi connectivity index (χ1n) is 23.9. The molecule has 0 bridgehead atoms. The maximum Gasteiger partial charge on any atom is 0.0782 e. The van der Waals surface area contributed by atoms with Crippen LogP contribution < -0.4 is 34.0 Å². The maximum absolute atomic E-state index is 2.45. The van der Waals surface area contributed by atoms with Gasteiger partial charge in [-0.25, -0.2) is 0 Å². The largest absolute Gasteiger partial charge is 1.00 e. The molecule has 0 fully saturated rings. The predicted octanol–water partition coefficient (Wildman–Crippen LogP) is 10.3. The molecule has 0 aliphatic heterocycles. The van der Waals surface area contributed by atoms with E-state index in [2.05, 4.69) is 55.9 Å². The zero-order chi connectivity index (χ0) is 37.3. The number of unbranched alkanes of at least 4 members (excludes halogenated alkanes) is 32. The Hall–Kier alpha value is 0.880. The average molecular weight is 869 g/mol. The Balaban J connectivity index is -0.000000432. The van der Waals surface area contributed by atoms with Gasteiger partial charge in [-0.1, -0.05) is 207 Å². The number of hydrogen-bond donors (Lipinski definition) is 0. The minimum Gasteiger partial charge on any atom is -1.00 e. The third-order valence-electron chi connectivity index (χ3n) is 11.5. The molecular formula is C48H104Br2N2. The van der Waals surface area contributed by atoms with Crippen LogP contribution in [0.15, 0.2) is 0 Å². The van der Waals surface area contributed by atoms with Gasteiger partial charge in [-0.3, -0.25) is 0 Å². The summed E-state index contributed by atoms with van der Waals surface area (Å²) in [6.07, 6.45) is 52.0. The van der Waals surface area contributed by atoms with Crippen molar-refractivity contribution in [3.63, 3.8) is 0 Å². The summed E-state index contributed by atoms with van der Waals surface area (Å²) >= 11 is 0. The Morgan fingerprint density at radius 3 is 0.442 bits per heavy atom. The van der Waals surface area contributed by atoms with Gasteiger partial charge in [-0.2, -0.15) is 0 Å². The van der Waals surface area contributed by atoms with E-state index in [1.165, 1.54) is 266 Å². The molecule has 0 atom stereocenters. The molecular weight excluding hydrogens is 764 g/mol. The number of halogens is 2. The molecule has 4 heteroatoms. The smallest absolute Gasteiger partial charge is 0.0782 e. The summed E-state index contributed by atoms with van der Waals surface area (Å²) < 4.78 is 2.49. The Morgan fingerprint density at radius 2 is 0.308 bits per heavy atom. The zero-order valence-corrected chi connectivity index (χ0v) is 41.1. The molecule has 0 aromatic rings. The molecule has 2 nitrogen and oxygen atoms in total. The van der Waals surface area contributed by atoms with Crippen molar-refractivity contribution >= 4 is 0 Å². The molecule has 0 saturated carbocycles. The van der Waals surface area contributed by atoms with E-state index in [1.54, 1.807) is 0 Å². The van der Waals surface area contributed by atoms with E-state index in [0.29, 0.717) is 0 Å². The van der Waals surface area contributed by atoms with Crippen LogP contribution in [0, 0.1) is 0 Å². The van der Waals surface area contributed by atoms with Crippen molar-refractivity contribution in [2.24, 2.45) is 0 Å². The van der Waals surface area contributed by atoms with Crippen molar-refractivity contribution < 1.29 is 42.9 Å². The molecule has 0 heterocycles. The molecule has 0 aromatic heterocycles. The number of hydrogen-bond acceptors (Lipinski definition) is 0. The Morgan fingerprint density at radius 1 is 0.192 bits per heavy atom.